The van der Waals surface area contributed by atoms with Gasteiger partial charge in [-0.25, -0.2) is 13.2 Å². The molecule has 2 aliphatic rings. The molecule has 0 bridgehead atoms. The Morgan fingerprint density at radius 3 is 2.55 bits per heavy atom. The lowest BCUT2D eigenvalue weighted by atomic mass is 9.94. The largest absolute Gasteiger partial charge is 0.452 e. The van der Waals surface area contributed by atoms with Crippen LogP contribution in [0.15, 0.2) is 29.2 Å². The van der Waals surface area contributed by atoms with Gasteiger partial charge in [-0.1, -0.05) is 25.3 Å². The third-order valence-corrected chi connectivity index (χ3v) is 7.41. The van der Waals surface area contributed by atoms with E-state index in [1.165, 1.54) is 35.0 Å². The van der Waals surface area contributed by atoms with Crippen molar-refractivity contribution in [2.45, 2.75) is 43.0 Å². The van der Waals surface area contributed by atoms with E-state index in [0.29, 0.717) is 13.2 Å². The summed E-state index contributed by atoms with van der Waals surface area (Å²) >= 11 is 0. The van der Waals surface area contributed by atoms with Crippen LogP contribution in [0.2, 0.25) is 0 Å². The number of nitrogens with zero attached hydrogens (tertiary/aromatic N) is 2. The lowest BCUT2D eigenvalue weighted by Crippen LogP contribution is -2.40. The van der Waals surface area contributed by atoms with Gasteiger partial charge in [-0.15, -0.1) is 0 Å². The highest BCUT2D eigenvalue weighted by Gasteiger charge is 2.27. The fourth-order valence-corrected chi connectivity index (χ4v) is 5.16. The van der Waals surface area contributed by atoms with Crippen molar-refractivity contribution in [3.8, 4) is 0 Å². The fraction of sp³-hybridized carbons (Fsp3) is 0.600. The molecule has 2 fully saturated rings. The predicted molar refractivity (Wildman–Crippen MR) is 106 cm³/mol. The van der Waals surface area contributed by atoms with Crippen molar-refractivity contribution in [3.05, 3.63) is 29.8 Å². The van der Waals surface area contributed by atoms with Crippen molar-refractivity contribution in [1.29, 1.82) is 0 Å². The van der Waals surface area contributed by atoms with Gasteiger partial charge in [0.25, 0.3) is 5.91 Å². The van der Waals surface area contributed by atoms with E-state index in [2.05, 4.69) is 0 Å². The standard InChI is InChI=1S/C20H28N2O6S/c1-21(17-7-3-2-4-8-17)19(23)15-28-20(24)16-6-5-9-18(14-16)29(25,26)22-10-12-27-13-11-22/h5-6,9,14,17H,2-4,7-8,10-13,15H2,1H3. The van der Waals surface area contributed by atoms with Crippen molar-refractivity contribution < 1.29 is 27.5 Å². The van der Waals surface area contributed by atoms with E-state index in [4.69, 9.17) is 9.47 Å². The molecular formula is C20H28N2O6S. The van der Waals surface area contributed by atoms with E-state index in [1.807, 2.05) is 0 Å². The van der Waals surface area contributed by atoms with Crippen LogP contribution in [0.3, 0.4) is 0 Å². The number of sulfonamides is 1. The second kappa shape index (κ2) is 9.69. The molecule has 0 N–H and O–H groups in total. The van der Waals surface area contributed by atoms with E-state index < -0.39 is 16.0 Å². The van der Waals surface area contributed by atoms with Crippen LogP contribution < -0.4 is 0 Å². The molecule has 0 radical (unpaired) electrons. The van der Waals surface area contributed by atoms with Gasteiger partial charge in [0.15, 0.2) is 6.61 Å². The first-order valence-corrected chi connectivity index (χ1v) is 11.4. The van der Waals surface area contributed by atoms with Gasteiger partial charge in [-0.05, 0) is 31.0 Å². The molecule has 0 atom stereocenters. The third-order valence-electron chi connectivity index (χ3n) is 5.52. The number of ether oxygens (including phenoxy) is 2. The van der Waals surface area contributed by atoms with Gasteiger partial charge >= 0.3 is 5.97 Å². The SMILES string of the molecule is CN(C(=O)COC(=O)c1cccc(S(=O)(=O)N2CCOCC2)c1)C1CCCCC1. The van der Waals surface area contributed by atoms with Gasteiger partial charge in [0.2, 0.25) is 10.0 Å². The predicted octanol–water partition coefficient (Wildman–Crippen LogP) is 1.66. The number of likely N-dealkylation sites (N-methyl/N-ethyl adjacent to an activating group) is 1. The summed E-state index contributed by atoms with van der Waals surface area (Å²) in [6.07, 6.45) is 5.34. The second-order valence-corrected chi connectivity index (χ2v) is 9.35. The van der Waals surface area contributed by atoms with Gasteiger partial charge in [0.05, 0.1) is 23.7 Å². The summed E-state index contributed by atoms with van der Waals surface area (Å²) in [5.74, 6) is -0.961. The summed E-state index contributed by atoms with van der Waals surface area (Å²) in [6, 6.07) is 5.92. The molecular weight excluding hydrogens is 396 g/mol. The Kier molecular flexibility index (Phi) is 7.26. The third kappa shape index (κ3) is 5.34. The average Bonchev–Trinajstić information content (AvgIpc) is 2.78. The van der Waals surface area contributed by atoms with E-state index in [0.717, 1.165) is 25.7 Å². The lowest BCUT2D eigenvalue weighted by Gasteiger charge is -2.31. The highest BCUT2D eigenvalue weighted by Crippen LogP contribution is 2.22. The Hall–Kier alpha value is -1.97. The van der Waals surface area contributed by atoms with E-state index >= 15 is 0 Å². The Bertz CT molecular complexity index is 829. The molecule has 0 unspecified atom stereocenters. The van der Waals surface area contributed by atoms with Crippen molar-refractivity contribution in [1.82, 2.24) is 9.21 Å². The molecule has 3 rings (SSSR count). The highest BCUT2D eigenvalue weighted by atomic mass is 32.2. The fourth-order valence-electron chi connectivity index (χ4n) is 3.70. The molecule has 8 nitrogen and oxygen atoms in total. The number of esters is 1. The zero-order chi connectivity index (χ0) is 20.9. The number of carbonyl (C=O) groups is 2. The Morgan fingerprint density at radius 2 is 1.86 bits per heavy atom. The lowest BCUT2D eigenvalue weighted by molar-refractivity contribution is -0.135. The van der Waals surface area contributed by atoms with E-state index in [1.54, 1.807) is 11.9 Å². The van der Waals surface area contributed by atoms with Gasteiger partial charge in [0.1, 0.15) is 0 Å². The second-order valence-electron chi connectivity index (χ2n) is 7.42. The summed E-state index contributed by atoms with van der Waals surface area (Å²) in [5, 5.41) is 0. The number of carbonyl (C=O) groups excluding carboxylic acids is 2. The minimum absolute atomic E-state index is 0.0273. The number of benzene rings is 1. The average molecular weight is 425 g/mol. The molecule has 1 aromatic carbocycles. The molecule has 1 aliphatic carbocycles. The van der Waals surface area contributed by atoms with Crippen LogP contribution in [0.1, 0.15) is 42.5 Å². The molecule has 0 aromatic heterocycles. The summed E-state index contributed by atoms with van der Waals surface area (Å²) in [7, 11) is -1.97. The number of rotatable bonds is 6. The minimum Gasteiger partial charge on any atom is -0.452 e. The van der Waals surface area contributed by atoms with Crippen LogP contribution in [-0.2, 0) is 24.3 Å². The number of morpholine rings is 1. The number of amides is 1. The van der Waals surface area contributed by atoms with Crippen LogP contribution in [0, 0.1) is 0 Å². The highest BCUT2D eigenvalue weighted by molar-refractivity contribution is 7.89. The maximum Gasteiger partial charge on any atom is 0.338 e. The van der Waals surface area contributed by atoms with Crippen LogP contribution >= 0.6 is 0 Å². The first-order valence-electron chi connectivity index (χ1n) is 10.0. The van der Waals surface area contributed by atoms with E-state index in [-0.39, 0.29) is 42.1 Å². The Balaban J connectivity index is 1.61. The molecule has 1 amide bonds. The molecule has 29 heavy (non-hydrogen) atoms. The van der Waals surface area contributed by atoms with Gasteiger partial charge in [-0.3, -0.25) is 4.79 Å². The van der Waals surface area contributed by atoms with Gasteiger partial charge in [-0.2, -0.15) is 4.31 Å². The Morgan fingerprint density at radius 1 is 1.17 bits per heavy atom. The molecule has 1 saturated carbocycles. The molecule has 0 spiro atoms. The van der Waals surface area contributed by atoms with Crippen molar-refractivity contribution in [3.63, 3.8) is 0 Å². The molecule has 1 heterocycles. The monoisotopic (exact) mass is 424 g/mol. The first-order chi connectivity index (χ1) is 13.9. The number of hydrogen-bond acceptors (Lipinski definition) is 6. The molecule has 160 valence electrons. The normalized spacial score (nSPS) is 18.9. The summed E-state index contributed by atoms with van der Waals surface area (Å²) < 4.78 is 37.2. The zero-order valence-corrected chi connectivity index (χ0v) is 17.5. The van der Waals surface area contributed by atoms with Crippen LogP contribution in [-0.4, -0.2) is 75.5 Å². The van der Waals surface area contributed by atoms with Crippen molar-refractivity contribution >= 4 is 21.9 Å². The van der Waals surface area contributed by atoms with E-state index in [9.17, 15) is 18.0 Å². The van der Waals surface area contributed by atoms with Gasteiger partial charge < -0.3 is 14.4 Å². The smallest absolute Gasteiger partial charge is 0.338 e. The maximum atomic E-state index is 12.7. The summed E-state index contributed by atoms with van der Waals surface area (Å²) in [5.41, 5.74) is 0.104. The summed E-state index contributed by atoms with van der Waals surface area (Å²) in [4.78, 5) is 26.4. The van der Waals surface area contributed by atoms with Crippen LogP contribution in [0.5, 0.6) is 0 Å². The minimum atomic E-state index is -3.71. The number of hydrogen-bond donors (Lipinski definition) is 0. The zero-order valence-electron chi connectivity index (χ0n) is 16.7. The summed E-state index contributed by atoms with van der Waals surface area (Å²) in [6.45, 7) is 0.888. The Labute approximate surface area is 171 Å². The quantitative estimate of drug-likeness (QED) is 0.645. The molecule has 9 heteroatoms. The van der Waals surface area contributed by atoms with Crippen molar-refractivity contribution in [2.75, 3.05) is 40.0 Å². The molecule has 1 aromatic rings. The maximum absolute atomic E-state index is 12.7. The van der Waals surface area contributed by atoms with Crippen LogP contribution in [0.4, 0.5) is 0 Å². The molecule has 1 saturated heterocycles. The van der Waals surface area contributed by atoms with Gasteiger partial charge in [0, 0.05) is 26.2 Å². The van der Waals surface area contributed by atoms with Crippen molar-refractivity contribution in [2.24, 2.45) is 0 Å². The molecule has 1 aliphatic heterocycles. The van der Waals surface area contributed by atoms with Crippen LogP contribution in [0.25, 0.3) is 0 Å². The topological polar surface area (TPSA) is 93.2 Å². The first kappa shape index (κ1) is 21.7.